The zero-order chi connectivity index (χ0) is 15.2. The highest BCUT2D eigenvalue weighted by Gasteiger charge is 2.27. The van der Waals surface area contributed by atoms with Crippen LogP contribution in [0, 0.1) is 17.7 Å². The van der Waals surface area contributed by atoms with Crippen molar-refractivity contribution in [3.63, 3.8) is 0 Å². The molecule has 1 amide bonds. The topological polar surface area (TPSA) is 40.5 Å². The van der Waals surface area contributed by atoms with Crippen molar-refractivity contribution in [2.75, 3.05) is 13.2 Å². The Morgan fingerprint density at radius 3 is 2.76 bits per heavy atom. The maximum absolute atomic E-state index is 13.4. The van der Waals surface area contributed by atoms with E-state index in [1.54, 1.807) is 0 Å². The molecule has 1 aliphatic rings. The normalized spacial score (nSPS) is 14.6. The van der Waals surface area contributed by atoms with Crippen molar-refractivity contribution in [1.29, 1.82) is 0 Å². The molecule has 0 bridgehead atoms. The SMILES string of the molecule is CCN(C(=O)c1ccc(F)cc1C#CCO)C1CCCC1. The highest BCUT2D eigenvalue weighted by atomic mass is 19.1. The van der Waals surface area contributed by atoms with Crippen molar-refractivity contribution >= 4 is 5.91 Å². The number of rotatable bonds is 3. The first-order chi connectivity index (χ1) is 10.2. The van der Waals surface area contributed by atoms with Gasteiger partial charge in [-0.15, -0.1) is 0 Å². The van der Waals surface area contributed by atoms with Gasteiger partial charge in [-0.2, -0.15) is 0 Å². The second-order valence-electron chi connectivity index (χ2n) is 5.18. The Bertz CT molecular complexity index is 568. The lowest BCUT2D eigenvalue weighted by Crippen LogP contribution is -2.39. The predicted molar refractivity (Wildman–Crippen MR) is 79.3 cm³/mol. The molecular formula is C17H20FNO2. The Morgan fingerprint density at radius 2 is 2.14 bits per heavy atom. The molecule has 1 aromatic carbocycles. The van der Waals surface area contributed by atoms with Gasteiger partial charge in [0.25, 0.3) is 5.91 Å². The number of carbonyl (C=O) groups is 1. The van der Waals surface area contributed by atoms with E-state index in [0.717, 1.165) is 25.7 Å². The molecule has 1 N–H and O–H groups in total. The van der Waals surface area contributed by atoms with Gasteiger partial charge >= 0.3 is 0 Å². The molecule has 0 atom stereocenters. The number of halogens is 1. The molecule has 0 spiro atoms. The minimum Gasteiger partial charge on any atom is -0.384 e. The average molecular weight is 289 g/mol. The van der Waals surface area contributed by atoms with Crippen molar-refractivity contribution in [3.8, 4) is 11.8 Å². The number of amides is 1. The smallest absolute Gasteiger partial charge is 0.255 e. The summed E-state index contributed by atoms with van der Waals surface area (Å²) in [6.07, 6.45) is 4.35. The second kappa shape index (κ2) is 7.24. The molecule has 1 fully saturated rings. The zero-order valence-corrected chi connectivity index (χ0v) is 12.2. The summed E-state index contributed by atoms with van der Waals surface area (Å²) in [7, 11) is 0. The summed E-state index contributed by atoms with van der Waals surface area (Å²) in [5.41, 5.74) is 0.747. The van der Waals surface area contributed by atoms with Crippen LogP contribution in [0.25, 0.3) is 0 Å². The summed E-state index contributed by atoms with van der Waals surface area (Å²) in [5.74, 6) is 4.61. The summed E-state index contributed by atoms with van der Waals surface area (Å²) in [6, 6.07) is 4.28. The number of aliphatic hydroxyl groups excluding tert-OH is 1. The van der Waals surface area contributed by atoms with Gasteiger partial charge in [0, 0.05) is 18.2 Å². The molecular weight excluding hydrogens is 269 g/mol. The van der Waals surface area contributed by atoms with Gasteiger partial charge in [0.2, 0.25) is 0 Å². The van der Waals surface area contributed by atoms with E-state index in [1.165, 1.54) is 18.2 Å². The van der Waals surface area contributed by atoms with Gasteiger partial charge in [0.15, 0.2) is 0 Å². The Morgan fingerprint density at radius 1 is 1.43 bits per heavy atom. The molecule has 0 aliphatic heterocycles. The molecule has 1 saturated carbocycles. The van der Waals surface area contributed by atoms with E-state index >= 15 is 0 Å². The van der Waals surface area contributed by atoms with E-state index in [2.05, 4.69) is 11.8 Å². The maximum Gasteiger partial charge on any atom is 0.255 e. The van der Waals surface area contributed by atoms with Crippen LogP contribution in [0.15, 0.2) is 18.2 Å². The summed E-state index contributed by atoms with van der Waals surface area (Å²) in [4.78, 5) is 14.6. The highest BCUT2D eigenvalue weighted by molar-refractivity contribution is 5.97. The molecule has 0 unspecified atom stereocenters. The van der Waals surface area contributed by atoms with Crippen molar-refractivity contribution in [2.24, 2.45) is 0 Å². The lowest BCUT2D eigenvalue weighted by molar-refractivity contribution is 0.0693. The molecule has 0 saturated heterocycles. The van der Waals surface area contributed by atoms with Crippen LogP contribution in [-0.2, 0) is 0 Å². The van der Waals surface area contributed by atoms with Crippen molar-refractivity contribution in [2.45, 2.75) is 38.6 Å². The quantitative estimate of drug-likeness (QED) is 0.869. The Balaban J connectivity index is 2.32. The van der Waals surface area contributed by atoms with Crippen LogP contribution < -0.4 is 0 Å². The number of carbonyl (C=O) groups excluding carboxylic acids is 1. The molecule has 0 aromatic heterocycles. The maximum atomic E-state index is 13.4. The first-order valence-electron chi connectivity index (χ1n) is 7.37. The first-order valence-corrected chi connectivity index (χ1v) is 7.37. The van der Waals surface area contributed by atoms with Crippen LogP contribution in [0.3, 0.4) is 0 Å². The third-order valence-corrected chi connectivity index (χ3v) is 3.88. The summed E-state index contributed by atoms with van der Waals surface area (Å²) < 4.78 is 13.4. The van der Waals surface area contributed by atoms with E-state index < -0.39 is 5.82 Å². The van der Waals surface area contributed by atoms with E-state index in [0.29, 0.717) is 17.7 Å². The van der Waals surface area contributed by atoms with Crippen LogP contribution in [0.4, 0.5) is 4.39 Å². The third-order valence-electron chi connectivity index (χ3n) is 3.88. The predicted octanol–water partition coefficient (Wildman–Crippen LogP) is 2.57. The third kappa shape index (κ3) is 3.62. The van der Waals surface area contributed by atoms with Gasteiger partial charge < -0.3 is 10.0 Å². The van der Waals surface area contributed by atoms with Gasteiger partial charge in [-0.1, -0.05) is 24.7 Å². The standard InChI is InChI=1S/C17H20FNO2/c1-2-19(15-7-3-4-8-15)17(21)16-10-9-14(18)12-13(16)6-5-11-20/h9-10,12,15,20H,2-4,7-8,11H2,1H3. The lowest BCUT2D eigenvalue weighted by atomic mass is 10.0. The number of nitrogens with zero attached hydrogens (tertiary/aromatic N) is 1. The highest BCUT2D eigenvalue weighted by Crippen LogP contribution is 2.25. The van der Waals surface area contributed by atoms with E-state index in [-0.39, 0.29) is 18.6 Å². The number of hydrogen-bond acceptors (Lipinski definition) is 2. The fourth-order valence-corrected chi connectivity index (χ4v) is 2.88. The van der Waals surface area contributed by atoms with Crippen LogP contribution in [0.1, 0.15) is 48.5 Å². The van der Waals surface area contributed by atoms with Crippen LogP contribution in [0.5, 0.6) is 0 Å². The fourth-order valence-electron chi connectivity index (χ4n) is 2.88. The van der Waals surface area contributed by atoms with Crippen molar-refractivity contribution in [1.82, 2.24) is 4.90 Å². The molecule has 0 heterocycles. The van der Waals surface area contributed by atoms with E-state index in [9.17, 15) is 9.18 Å². The van der Waals surface area contributed by atoms with Gasteiger partial charge in [0.1, 0.15) is 12.4 Å². The van der Waals surface area contributed by atoms with Crippen molar-refractivity contribution in [3.05, 3.63) is 35.1 Å². The van der Waals surface area contributed by atoms with Crippen LogP contribution >= 0.6 is 0 Å². The molecule has 0 radical (unpaired) electrons. The minimum atomic E-state index is -0.433. The molecule has 112 valence electrons. The van der Waals surface area contributed by atoms with Gasteiger partial charge in [0.05, 0.1) is 5.56 Å². The second-order valence-corrected chi connectivity index (χ2v) is 5.18. The van der Waals surface area contributed by atoms with E-state index in [1.807, 2.05) is 11.8 Å². The molecule has 1 aromatic rings. The number of aliphatic hydroxyl groups is 1. The van der Waals surface area contributed by atoms with Crippen LogP contribution in [0.2, 0.25) is 0 Å². The van der Waals surface area contributed by atoms with Crippen LogP contribution in [-0.4, -0.2) is 35.1 Å². The Kier molecular flexibility index (Phi) is 5.35. The van der Waals surface area contributed by atoms with E-state index in [4.69, 9.17) is 5.11 Å². The molecule has 4 heteroatoms. The largest absolute Gasteiger partial charge is 0.384 e. The fraction of sp³-hybridized carbons (Fsp3) is 0.471. The van der Waals surface area contributed by atoms with Gasteiger partial charge in [-0.25, -0.2) is 4.39 Å². The molecule has 21 heavy (non-hydrogen) atoms. The Labute approximate surface area is 124 Å². The number of benzene rings is 1. The molecule has 3 nitrogen and oxygen atoms in total. The Hall–Kier alpha value is -1.86. The van der Waals surface area contributed by atoms with Gasteiger partial charge in [-0.05, 0) is 38.0 Å². The minimum absolute atomic E-state index is 0.105. The monoisotopic (exact) mass is 289 g/mol. The summed E-state index contributed by atoms with van der Waals surface area (Å²) >= 11 is 0. The average Bonchev–Trinajstić information content (AvgIpc) is 3.00. The summed E-state index contributed by atoms with van der Waals surface area (Å²) in [6.45, 7) is 2.27. The zero-order valence-electron chi connectivity index (χ0n) is 12.2. The number of hydrogen-bond donors (Lipinski definition) is 1. The molecule has 2 rings (SSSR count). The van der Waals surface area contributed by atoms with Gasteiger partial charge in [-0.3, -0.25) is 4.79 Å². The van der Waals surface area contributed by atoms with Crippen molar-refractivity contribution < 1.29 is 14.3 Å². The lowest BCUT2D eigenvalue weighted by Gasteiger charge is -2.28. The summed E-state index contributed by atoms with van der Waals surface area (Å²) in [5, 5.41) is 8.79. The molecule has 1 aliphatic carbocycles. The first kappa shape index (κ1) is 15.5.